The zero-order valence-electron chi connectivity index (χ0n) is 19.2. The van der Waals surface area contributed by atoms with Crippen molar-refractivity contribution in [2.24, 2.45) is 5.16 Å². The summed E-state index contributed by atoms with van der Waals surface area (Å²) in [6, 6.07) is 28.5. The molecule has 0 spiro atoms. The Balaban J connectivity index is 1.18. The molecule has 1 unspecified atom stereocenters. The second kappa shape index (κ2) is 9.72. The van der Waals surface area contributed by atoms with Gasteiger partial charge in [0.25, 0.3) is 0 Å². The van der Waals surface area contributed by atoms with E-state index >= 15 is 0 Å². The Labute approximate surface area is 201 Å². The van der Waals surface area contributed by atoms with Gasteiger partial charge in [0.15, 0.2) is 0 Å². The van der Waals surface area contributed by atoms with Crippen LogP contribution >= 0.6 is 0 Å². The third-order valence-corrected chi connectivity index (χ3v) is 8.54. The van der Waals surface area contributed by atoms with E-state index in [1.807, 2.05) is 48.5 Å². The van der Waals surface area contributed by atoms with Crippen LogP contribution in [0.25, 0.3) is 11.1 Å². The normalized spacial score (nSPS) is 19.5. The Morgan fingerprint density at radius 2 is 1.41 bits per heavy atom. The van der Waals surface area contributed by atoms with Crippen molar-refractivity contribution in [3.05, 3.63) is 96.1 Å². The van der Waals surface area contributed by atoms with Crippen molar-refractivity contribution < 1.29 is 13.3 Å². The van der Waals surface area contributed by atoms with E-state index in [0.29, 0.717) is 6.42 Å². The topological polar surface area (TPSA) is 67.8 Å². The van der Waals surface area contributed by atoms with Gasteiger partial charge in [-0.3, -0.25) is 0 Å². The second-order valence-corrected chi connectivity index (χ2v) is 11.2. The van der Waals surface area contributed by atoms with Gasteiger partial charge in [-0.15, -0.1) is 0 Å². The molecule has 0 amide bonds. The highest BCUT2D eigenvalue weighted by Gasteiger charge is 2.40. The van der Waals surface area contributed by atoms with E-state index in [0.717, 1.165) is 48.1 Å². The Bertz CT molecular complexity index is 1230. The Hall–Kier alpha value is -2.96. The van der Waals surface area contributed by atoms with Crippen LogP contribution in [0, 0.1) is 0 Å². The molecule has 0 bridgehead atoms. The lowest BCUT2D eigenvalue weighted by Crippen LogP contribution is -2.41. The van der Waals surface area contributed by atoms with E-state index in [1.54, 1.807) is 0 Å². The second-order valence-electron chi connectivity index (χ2n) is 9.37. The molecule has 0 saturated heterocycles. The zero-order valence-corrected chi connectivity index (χ0v) is 20.0. The minimum absolute atomic E-state index is 0.116. The number of oxime groups is 1. The summed E-state index contributed by atoms with van der Waals surface area (Å²) in [6.07, 6.45) is 4.23. The number of benzene rings is 3. The van der Waals surface area contributed by atoms with Crippen LogP contribution < -0.4 is 4.72 Å². The standard InChI is InChI=1S/C28H30N2O3S/c31-34(32,21-28(17-7-8-18-28)25-11-5-2-6-12-25)29-20-26-19-27(30-33-26)24-15-13-23(14-16-24)22-9-3-1-4-10-22/h1-6,9-16,26,29H,7-8,17-21H2. The molecule has 1 fully saturated rings. The van der Waals surface area contributed by atoms with Gasteiger partial charge in [0, 0.05) is 11.8 Å². The van der Waals surface area contributed by atoms with Crippen LogP contribution in [0.1, 0.15) is 43.2 Å². The average molecular weight is 475 g/mol. The predicted molar refractivity (Wildman–Crippen MR) is 136 cm³/mol. The molecule has 0 aromatic heterocycles. The summed E-state index contributed by atoms with van der Waals surface area (Å²) >= 11 is 0. The molecule has 5 rings (SSSR count). The van der Waals surface area contributed by atoms with Crippen molar-refractivity contribution in [2.75, 3.05) is 12.3 Å². The first-order chi connectivity index (χ1) is 16.5. The molecule has 3 aromatic carbocycles. The number of hydrogen-bond donors (Lipinski definition) is 1. The van der Waals surface area contributed by atoms with Crippen molar-refractivity contribution in [1.29, 1.82) is 0 Å². The first-order valence-electron chi connectivity index (χ1n) is 11.9. The highest BCUT2D eigenvalue weighted by atomic mass is 32.2. The molecule has 34 heavy (non-hydrogen) atoms. The lowest BCUT2D eigenvalue weighted by atomic mass is 9.81. The van der Waals surface area contributed by atoms with E-state index < -0.39 is 10.0 Å². The van der Waals surface area contributed by atoms with Gasteiger partial charge in [0.1, 0.15) is 6.10 Å². The van der Waals surface area contributed by atoms with Crippen LogP contribution in [0.4, 0.5) is 0 Å². The van der Waals surface area contributed by atoms with Crippen molar-refractivity contribution in [2.45, 2.75) is 43.6 Å². The summed E-state index contributed by atoms with van der Waals surface area (Å²) in [5.41, 5.74) is 4.99. The minimum atomic E-state index is -3.46. The van der Waals surface area contributed by atoms with Crippen molar-refractivity contribution in [3.8, 4) is 11.1 Å². The van der Waals surface area contributed by atoms with Gasteiger partial charge in [-0.2, -0.15) is 0 Å². The van der Waals surface area contributed by atoms with Gasteiger partial charge < -0.3 is 4.84 Å². The van der Waals surface area contributed by atoms with Crippen LogP contribution in [0.15, 0.2) is 90.1 Å². The summed E-state index contributed by atoms with van der Waals surface area (Å²) in [4.78, 5) is 5.57. The highest BCUT2D eigenvalue weighted by Crippen LogP contribution is 2.42. The lowest BCUT2D eigenvalue weighted by molar-refractivity contribution is 0.0891. The van der Waals surface area contributed by atoms with Crippen LogP contribution in [0.3, 0.4) is 0 Å². The number of rotatable bonds is 8. The fourth-order valence-corrected chi connectivity index (χ4v) is 6.91. The van der Waals surface area contributed by atoms with Crippen LogP contribution in [0.5, 0.6) is 0 Å². The van der Waals surface area contributed by atoms with Crippen molar-refractivity contribution in [1.82, 2.24) is 4.72 Å². The Morgan fingerprint density at radius 3 is 2.09 bits per heavy atom. The summed E-state index contributed by atoms with van der Waals surface area (Å²) in [5.74, 6) is 0.116. The predicted octanol–water partition coefficient (Wildman–Crippen LogP) is 5.28. The van der Waals surface area contributed by atoms with Gasteiger partial charge in [-0.05, 0) is 35.1 Å². The zero-order chi connectivity index (χ0) is 23.4. The van der Waals surface area contributed by atoms with Crippen molar-refractivity contribution >= 4 is 15.7 Å². The van der Waals surface area contributed by atoms with E-state index in [-0.39, 0.29) is 23.8 Å². The molecule has 5 nitrogen and oxygen atoms in total. The van der Waals surface area contributed by atoms with Gasteiger partial charge in [0.05, 0.1) is 18.0 Å². The summed E-state index contributed by atoms with van der Waals surface area (Å²) in [6.45, 7) is 0.225. The monoisotopic (exact) mass is 474 g/mol. The van der Waals surface area contributed by atoms with Crippen LogP contribution in [-0.2, 0) is 20.3 Å². The average Bonchev–Trinajstić information content (AvgIpc) is 3.55. The lowest BCUT2D eigenvalue weighted by Gasteiger charge is -2.29. The Kier molecular flexibility index (Phi) is 6.53. The molecule has 0 radical (unpaired) electrons. The van der Waals surface area contributed by atoms with E-state index in [4.69, 9.17) is 4.84 Å². The minimum Gasteiger partial charge on any atom is -0.390 e. The summed E-state index contributed by atoms with van der Waals surface area (Å²) in [7, 11) is -3.46. The van der Waals surface area contributed by atoms with Crippen LogP contribution in [0.2, 0.25) is 0 Å². The number of hydrogen-bond acceptors (Lipinski definition) is 4. The van der Waals surface area contributed by atoms with Gasteiger partial charge >= 0.3 is 0 Å². The maximum absolute atomic E-state index is 13.0. The number of nitrogens with one attached hydrogen (secondary N) is 1. The largest absolute Gasteiger partial charge is 0.390 e. The SMILES string of the molecule is O=S(=O)(CC1(c2ccccc2)CCCC1)NCC1CC(c2ccc(-c3ccccc3)cc2)=NO1. The first-order valence-corrected chi connectivity index (χ1v) is 13.6. The molecular formula is C28H30N2O3S. The quantitative estimate of drug-likeness (QED) is 0.483. The summed E-state index contributed by atoms with van der Waals surface area (Å²) in [5, 5.41) is 4.24. The molecule has 1 heterocycles. The number of nitrogens with zero attached hydrogens (tertiary/aromatic N) is 1. The van der Waals surface area contributed by atoms with Gasteiger partial charge in [-0.25, -0.2) is 13.1 Å². The molecule has 1 atom stereocenters. The molecule has 1 N–H and O–H groups in total. The molecule has 1 aliphatic carbocycles. The molecule has 1 aliphatic heterocycles. The number of sulfonamides is 1. The Morgan fingerprint density at radius 1 is 0.824 bits per heavy atom. The molecule has 176 valence electrons. The third kappa shape index (κ3) is 5.08. The summed E-state index contributed by atoms with van der Waals surface area (Å²) < 4.78 is 28.9. The van der Waals surface area contributed by atoms with E-state index in [2.05, 4.69) is 46.3 Å². The first kappa shape index (κ1) is 22.8. The highest BCUT2D eigenvalue weighted by molar-refractivity contribution is 7.89. The third-order valence-electron chi connectivity index (χ3n) is 7.00. The molecule has 6 heteroatoms. The fourth-order valence-electron chi connectivity index (χ4n) is 5.19. The van der Waals surface area contributed by atoms with Gasteiger partial charge in [-0.1, -0.05) is 103 Å². The molecule has 1 saturated carbocycles. The molecule has 2 aliphatic rings. The van der Waals surface area contributed by atoms with E-state index in [1.165, 1.54) is 5.56 Å². The van der Waals surface area contributed by atoms with Crippen molar-refractivity contribution in [3.63, 3.8) is 0 Å². The maximum Gasteiger partial charge on any atom is 0.212 e. The molecule has 3 aromatic rings. The van der Waals surface area contributed by atoms with Gasteiger partial charge in [0.2, 0.25) is 10.0 Å². The molecular weight excluding hydrogens is 444 g/mol. The maximum atomic E-state index is 13.0. The van der Waals surface area contributed by atoms with E-state index in [9.17, 15) is 8.42 Å². The smallest absolute Gasteiger partial charge is 0.212 e. The fraction of sp³-hybridized carbons (Fsp3) is 0.321. The van der Waals surface area contributed by atoms with Crippen LogP contribution in [-0.4, -0.2) is 32.5 Å².